The molecule has 1 N–H and O–H groups in total. The van der Waals surface area contributed by atoms with Crippen LogP contribution in [0.4, 0.5) is 9.18 Å². The first kappa shape index (κ1) is 21.9. The maximum Gasteiger partial charge on any atom is 0.408 e. The molecule has 1 heterocycles. The van der Waals surface area contributed by atoms with Gasteiger partial charge in [-0.2, -0.15) is 0 Å². The number of rotatable bonds is 7. The van der Waals surface area contributed by atoms with Crippen LogP contribution in [0, 0.1) is 0 Å². The number of ether oxygens (including phenoxy) is 3. The van der Waals surface area contributed by atoms with Gasteiger partial charge in [0.2, 0.25) is 0 Å². The van der Waals surface area contributed by atoms with Crippen molar-refractivity contribution >= 4 is 29.4 Å². The molecule has 146 valence electrons. The van der Waals surface area contributed by atoms with Crippen LogP contribution in [0.5, 0.6) is 0 Å². The van der Waals surface area contributed by atoms with Crippen LogP contribution >= 0.6 is 11.3 Å². The van der Waals surface area contributed by atoms with Gasteiger partial charge in [-0.25, -0.2) is 18.8 Å². The fourth-order valence-corrected chi connectivity index (χ4v) is 2.87. The highest BCUT2D eigenvalue weighted by atomic mass is 32.1. The van der Waals surface area contributed by atoms with E-state index in [4.69, 9.17) is 14.2 Å². The highest BCUT2D eigenvalue weighted by Gasteiger charge is 2.58. The van der Waals surface area contributed by atoms with Crippen LogP contribution in [0.15, 0.2) is 17.5 Å². The Kier molecular flexibility index (Phi) is 7.55. The molecule has 9 heteroatoms. The monoisotopic (exact) mass is 389 g/mol. The van der Waals surface area contributed by atoms with Gasteiger partial charge in [0, 0.05) is 4.88 Å². The SMILES string of the molecule is CCOC(=O)C(F)(C(=O)OCC)[C@H](NC(=O)OC(C)(C)C)c1cccs1. The molecule has 0 aliphatic rings. The lowest BCUT2D eigenvalue weighted by molar-refractivity contribution is -0.177. The average molecular weight is 389 g/mol. The van der Waals surface area contributed by atoms with Crippen LogP contribution in [0.25, 0.3) is 0 Å². The van der Waals surface area contributed by atoms with Gasteiger partial charge in [0.15, 0.2) is 0 Å². The quantitative estimate of drug-likeness (QED) is 0.438. The third kappa shape index (κ3) is 5.42. The van der Waals surface area contributed by atoms with Gasteiger partial charge in [-0.15, -0.1) is 11.3 Å². The molecule has 0 saturated heterocycles. The Morgan fingerprint density at radius 3 is 2.08 bits per heavy atom. The zero-order valence-electron chi connectivity index (χ0n) is 15.5. The molecule has 1 rings (SSSR count). The molecule has 1 aromatic rings. The largest absolute Gasteiger partial charge is 0.463 e. The molecule has 0 aromatic carbocycles. The first-order valence-electron chi connectivity index (χ1n) is 8.12. The van der Waals surface area contributed by atoms with Crippen LogP contribution in [0.3, 0.4) is 0 Å². The van der Waals surface area contributed by atoms with E-state index < -0.39 is 35.3 Å². The highest BCUT2D eigenvalue weighted by Crippen LogP contribution is 2.35. The smallest absolute Gasteiger partial charge is 0.408 e. The number of halogens is 1. The van der Waals surface area contributed by atoms with Crippen molar-refractivity contribution in [2.24, 2.45) is 0 Å². The lowest BCUT2D eigenvalue weighted by Crippen LogP contribution is -2.55. The summed E-state index contributed by atoms with van der Waals surface area (Å²) in [6, 6.07) is 1.43. The lowest BCUT2D eigenvalue weighted by Gasteiger charge is -2.30. The van der Waals surface area contributed by atoms with Gasteiger partial charge in [-0.05, 0) is 46.1 Å². The van der Waals surface area contributed by atoms with E-state index in [1.54, 1.807) is 32.2 Å². The minimum atomic E-state index is -3.26. The third-order valence-corrected chi connectivity index (χ3v) is 3.97. The van der Waals surface area contributed by atoms with Gasteiger partial charge in [0.05, 0.1) is 13.2 Å². The van der Waals surface area contributed by atoms with Crippen LogP contribution in [0.1, 0.15) is 45.5 Å². The van der Waals surface area contributed by atoms with E-state index in [9.17, 15) is 14.4 Å². The van der Waals surface area contributed by atoms with Gasteiger partial charge in [-0.3, -0.25) is 0 Å². The molecule has 1 aromatic heterocycles. The molecule has 0 spiro atoms. The number of carbonyl (C=O) groups excluding carboxylic acids is 3. The minimum absolute atomic E-state index is 0.145. The van der Waals surface area contributed by atoms with Crippen LogP contribution in [0.2, 0.25) is 0 Å². The van der Waals surface area contributed by atoms with E-state index >= 15 is 4.39 Å². The molecular weight excluding hydrogens is 365 g/mol. The Balaban J connectivity index is 3.32. The molecule has 0 unspecified atom stereocenters. The zero-order valence-corrected chi connectivity index (χ0v) is 16.3. The fraction of sp³-hybridized carbons (Fsp3) is 0.588. The Morgan fingerprint density at radius 1 is 1.15 bits per heavy atom. The number of alkyl halides is 1. The van der Waals surface area contributed by atoms with Crippen LogP contribution < -0.4 is 5.32 Å². The summed E-state index contributed by atoms with van der Waals surface area (Å²) in [4.78, 5) is 37.0. The normalized spacial score (nSPS) is 12.8. The Bertz CT molecular complexity index is 608. The molecule has 1 atom stereocenters. The standard InChI is InChI=1S/C17H24FNO6S/c1-6-23-13(20)17(18,14(21)24-7-2)12(11-9-8-10-26-11)19-15(22)25-16(3,4)5/h8-10,12H,6-7H2,1-5H3,(H,19,22)/t12-/m1/s1. The first-order valence-corrected chi connectivity index (χ1v) is 9.00. The summed E-state index contributed by atoms with van der Waals surface area (Å²) < 4.78 is 30.4. The molecular formula is C17H24FNO6S. The van der Waals surface area contributed by atoms with E-state index in [2.05, 4.69) is 5.32 Å². The maximum absolute atomic E-state index is 15.8. The van der Waals surface area contributed by atoms with Crippen molar-refractivity contribution in [3.05, 3.63) is 22.4 Å². The van der Waals surface area contributed by atoms with E-state index in [0.717, 1.165) is 11.3 Å². The van der Waals surface area contributed by atoms with Crippen molar-refractivity contribution in [2.45, 2.75) is 51.9 Å². The molecule has 0 aliphatic heterocycles. The second kappa shape index (κ2) is 8.98. The molecule has 7 nitrogen and oxygen atoms in total. The summed E-state index contributed by atoms with van der Waals surface area (Å²) in [5.41, 5.74) is -4.11. The van der Waals surface area contributed by atoms with E-state index in [1.807, 2.05) is 0 Å². The number of thiophene rings is 1. The molecule has 1 amide bonds. The zero-order chi connectivity index (χ0) is 20.0. The molecule has 0 fully saturated rings. The summed E-state index contributed by atoms with van der Waals surface area (Å²) in [6.07, 6.45) is -0.980. The van der Waals surface area contributed by atoms with E-state index in [1.165, 1.54) is 19.9 Å². The van der Waals surface area contributed by atoms with Crippen molar-refractivity contribution in [2.75, 3.05) is 13.2 Å². The number of hydrogen-bond acceptors (Lipinski definition) is 7. The predicted octanol–water partition coefficient (Wildman–Crippen LogP) is 3.15. The predicted molar refractivity (Wildman–Crippen MR) is 93.5 cm³/mol. The second-order valence-corrected chi connectivity index (χ2v) is 7.23. The molecule has 0 bridgehead atoms. The summed E-state index contributed by atoms with van der Waals surface area (Å²) in [6.45, 7) is 7.56. The number of carbonyl (C=O) groups is 3. The topological polar surface area (TPSA) is 90.9 Å². The average Bonchev–Trinajstić information content (AvgIpc) is 3.04. The number of alkyl carbamates (subject to hydrolysis) is 1. The van der Waals surface area contributed by atoms with Gasteiger partial charge < -0.3 is 19.5 Å². The van der Waals surface area contributed by atoms with Gasteiger partial charge in [-0.1, -0.05) is 6.07 Å². The van der Waals surface area contributed by atoms with Crippen LogP contribution in [-0.4, -0.2) is 42.5 Å². The summed E-state index contributed by atoms with van der Waals surface area (Å²) in [5, 5.41) is 3.89. The van der Waals surface area contributed by atoms with Gasteiger partial charge >= 0.3 is 23.7 Å². The van der Waals surface area contributed by atoms with Crippen molar-refractivity contribution in [1.82, 2.24) is 5.32 Å². The van der Waals surface area contributed by atoms with Crippen molar-refractivity contribution in [3.63, 3.8) is 0 Å². The molecule has 26 heavy (non-hydrogen) atoms. The Labute approximate surface area is 155 Å². The molecule has 0 saturated carbocycles. The van der Waals surface area contributed by atoms with E-state index in [0.29, 0.717) is 0 Å². The number of amides is 1. The van der Waals surface area contributed by atoms with Crippen molar-refractivity contribution < 1.29 is 33.0 Å². The summed E-state index contributed by atoms with van der Waals surface area (Å²) in [7, 11) is 0. The van der Waals surface area contributed by atoms with Crippen molar-refractivity contribution in [3.8, 4) is 0 Å². The van der Waals surface area contributed by atoms with Crippen molar-refractivity contribution in [1.29, 1.82) is 0 Å². The molecule has 0 radical (unpaired) electrons. The van der Waals surface area contributed by atoms with Crippen LogP contribution in [-0.2, 0) is 23.8 Å². The minimum Gasteiger partial charge on any atom is -0.463 e. The highest BCUT2D eigenvalue weighted by molar-refractivity contribution is 7.10. The lowest BCUT2D eigenvalue weighted by atomic mass is 9.94. The van der Waals surface area contributed by atoms with Gasteiger partial charge in [0.1, 0.15) is 11.6 Å². The number of esters is 2. The Hall–Kier alpha value is -2.16. The summed E-state index contributed by atoms with van der Waals surface area (Å²) in [5.74, 6) is -2.87. The number of nitrogens with one attached hydrogen (secondary N) is 1. The van der Waals surface area contributed by atoms with Gasteiger partial charge in [0.25, 0.3) is 0 Å². The first-order chi connectivity index (χ1) is 12.1. The van der Waals surface area contributed by atoms with E-state index in [-0.39, 0.29) is 18.1 Å². The second-order valence-electron chi connectivity index (χ2n) is 6.25. The summed E-state index contributed by atoms with van der Waals surface area (Å²) >= 11 is 1.06. The number of hydrogen-bond donors (Lipinski definition) is 1. The fourth-order valence-electron chi connectivity index (χ4n) is 2.04. The third-order valence-electron chi connectivity index (χ3n) is 3.03. The maximum atomic E-state index is 15.8. The Morgan fingerprint density at radius 2 is 1.69 bits per heavy atom. The molecule has 0 aliphatic carbocycles.